The molecule has 1 amide bonds. The number of hydrogen-bond acceptors (Lipinski definition) is 4. The molecule has 2 aromatic rings. The van der Waals surface area contributed by atoms with E-state index in [0.717, 1.165) is 66.6 Å². The van der Waals surface area contributed by atoms with Crippen LogP contribution in [0.2, 0.25) is 0 Å². The van der Waals surface area contributed by atoms with Gasteiger partial charge in [-0.05, 0) is 88.0 Å². The van der Waals surface area contributed by atoms with Gasteiger partial charge in [-0.2, -0.15) is 0 Å². The molecule has 2 aliphatic carbocycles. The molecule has 2 aliphatic rings. The molecule has 4 rings (SSSR count). The second kappa shape index (κ2) is 9.64. The van der Waals surface area contributed by atoms with Gasteiger partial charge in [0.15, 0.2) is 0 Å². The Labute approximate surface area is 196 Å². The highest BCUT2D eigenvalue weighted by molar-refractivity contribution is 6.03. The molecule has 2 heterocycles. The van der Waals surface area contributed by atoms with Crippen molar-refractivity contribution in [3.8, 4) is 0 Å². The molecule has 2 fully saturated rings. The van der Waals surface area contributed by atoms with Crippen LogP contribution in [-0.2, 0) is 4.79 Å². The third-order valence-electron chi connectivity index (χ3n) is 7.79. The monoisotopic (exact) mass is 448 g/mol. The number of amides is 1. The second-order valence-corrected chi connectivity index (χ2v) is 9.90. The van der Waals surface area contributed by atoms with E-state index >= 15 is 0 Å². The third kappa shape index (κ3) is 4.96. The number of aliphatic imine (C=N–C) groups is 1. The lowest BCUT2D eigenvalue weighted by Crippen LogP contribution is -2.37. The number of aromatic nitrogens is 2. The van der Waals surface area contributed by atoms with Gasteiger partial charge in [-0.15, -0.1) is 0 Å². The van der Waals surface area contributed by atoms with Crippen LogP contribution in [0.5, 0.6) is 0 Å². The van der Waals surface area contributed by atoms with E-state index < -0.39 is 6.10 Å². The molecule has 6 nitrogen and oxygen atoms in total. The van der Waals surface area contributed by atoms with Gasteiger partial charge in [0, 0.05) is 48.2 Å². The van der Waals surface area contributed by atoms with Crippen LogP contribution in [0.15, 0.2) is 42.3 Å². The van der Waals surface area contributed by atoms with Crippen molar-refractivity contribution < 1.29 is 9.90 Å². The van der Waals surface area contributed by atoms with Gasteiger partial charge in [-0.25, -0.2) is 0 Å². The molecule has 0 radical (unpaired) electrons. The van der Waals surface area contributed by atoms with Crippen molar-refractivity contribution in [2.24, 2.45) is 22.2 Å². The lowest BCUT2D eigenvalue weighted by atomic mass is 9.84. The molecule has 6 heteroatoms. The Bertz CT molecular complexity index is 1050. The highest BCUT2D eigenvalue weighted by Crippen LogP contribution is 2.59. The third-order valence-corrected chi connectivity index (χ3v) is 7.79. The van der Waals surface area contributed by atoms with Gasteiger partial charge >= 0.3 is 0 Å². The van der Waals surface area contributed by atoms with Gasteiger partial charge in [0.05, 0.1) is 11.4 Å². The standard InChI is InChI=1S/C27H36N4O2/c1-5-28-25(21-9-13-29-19(21)4)20-6-7-22(27(10-8-20)11-12-27)26(33)31-16-24(32)23-14-17(2)18(3)15-30-23/h5,9,13-15,20,22,24,29,32H,1,6-8,10-12,16H2,2-4H3,(H,31,33)/t20?,22-,24-/m1/s1. The summed E-state index contributed by atoms with van der Waals surface area (Å²) >= 11 is 0. The molecule has 2 saturated carbocycles. The quantitative estimate of drug-likeness (QED) is 0.536. The molecule has 3 atom stereocenters. The molecule has 176 valence electrons. The first kappa shape index (κ1) is 23.4. The van der Waals surface area contributed by atoms with E-state index in [1.54, 1.807) is 12.4 Å². The van der Waals surface area contributed by atoms with E-state index in [2.05, 4.69) is 39.8 Å². The van der Waals surface area contributed by atoms with Crippen molar-refractivity contribution >= 4 is 11.6 Å². The number of H-pyrrole nitrogens is 1. The summed E-state index contributed by atoms with van der Waals surface area (Å²) in [5.41, 5.74) is 6.24. The predicted octanol–water partition coefficient (Wildman–Crippen LogP) is 4.70. The Balaban J connectivity index is 1.42. The van der Waals surface area contributed by atoms with Gasteiger partial charge in [-0.3, -0.25) is 14.8 Å². The average Bonchev–Trinajstić information content (AvgIpc) is 3.51. The van der Waals surface area contributed by atoms with Gasteiger partial charge < -0.3 is 15.4 Å². The summed E-state index contributed by atoms with van der Waals surface area (Å²) < 4.78 is 0. The fourth-order valence-electron chi connectivity index (χ4n) is 5.37. The first-order chi connectivity index (χ1) is 15.8. The highest BCUT2D eigenvalue weighted by atomic mass is 16.3. The van der Waals surface area contributed by atoms with Crippen molar-refractivity contribution in [2.75, 3.05) is 6.54 Å². The van der Waals surface area contributed by atoms with Crippen LogP contribution < -0.4 is 5.32 Å². The Hall–Kier alpha value is -2.73. The number of aliphatic hydroxyl groups is 1. The summed E-state index contributed by atoms with van der Waals surface area (Å²) in [5, 5.41) is 13.6. The largest absolute Gasteiger partial charge is 0.385 e. The number of carbonyl (C=O) groups excluding carboxylic acids is 1. The van der Waals surface area contributed by atoms with Gasteiger partial charge in [-0.1, -0.05) is 6.58 Å². The SMILES string of the molecule is C=CN=C(c1cc[nH]c1C)C1CC[C@H](C(=O)NC[C@@H](O)c2cc(C)c(C)cn2)C2(CC1)CC2. The summed E-state index contributed by atoms with van der Waals surface area (Å²) in [6.45, 7) is 10.1. The number of aliphatic hydroxyl groups excluding tert-OH is 1. The molecule has 0 aromatic carbocycles. The summed E-state index contributed by atoms with van der Waals surface area (Å²) in [4.78, 5) is 25.5. The van der Waals surface area contributed by atoms with Crippen LogP contribution in [0.4, 0.5) is 0 Å². The Kier molecular flexibility index (Phi) is 6.84. The molecule has 33 heavy (non-hydrogen) atoms. The normalized spacial score (nSPS) is 23.1. The molecule has 0 saturated heterocycles. The highest BCUT2D eigenvalue weighted by Gasteiger charge is 2.53. The summed E-state index contributed by atoms with van der Waals surface area (Å²) in [5.74, 6) is 0.369. The molecule has 1 spiro atoms. The van der Waals surface area contributed by atoms with E-state index in [9.17, 15) is 9.90 Å². The van der Waals surface area contributed by atoms with E-state index in [4.69, 9.17) is 0 Å². The van der Waals surface area contributed by atoms with Gasteiger partial charge in [0.1, 0.15) is 6.10 Å². The predicted molar refractivity (Wildman–Crippen MR) is 131 cm³/mol. The van der Waals surface area contributed by atoms with Crippen LogP contribution in [0.1, 0.15) is 72.7 Å². The van der Waals surface area contributed by atoms with Crippen molar-refractivity contribution in [1.29, 1.82) is 0 Å². The summed E-state index contributed by atoms with van der Waals surface area (Å²) in [6, 6.07) is 3.98. The van der Waals surface area contributed by atoms with Crippen molar-refractivity contribution in [2.45, 2.75) is 65.4 Å². The molecular formula is C27H36N4O2. The number of hydrogen-bond donors (Lipinski definition) is 3. The summed E-state index contributed by atoms with van der Waals surface area (Å²) in [6.07, 6.45) is 10.6. The summed E-state index contributed by atoms with van der Waals surface area (Å²) in [7, 11) is 0. The first-order valence-corrected chi connectivity index (χ1v) is 12.1. The number of nitrogens with one attached hydrogen (secondary N) is 2. The topological polar surface area (TPSA) is 90.4 Å². The molecule has 0 aliphatic heterocycles. The number of pyridine rings is 1. The van der Waals surface area contributed by atoms with Crippen LogP contribution in [0.25, 0.3) is 0 Å². The van der Waals surface area contributed by atoms with Crippen molar-refractivity contribution in [1.82, 2.24) is 15.3 Å². The zero-order valence-corrected chi connectivity index (χ0v) is 20.0. The maximum Gasteiger partial charge on any atom is 0.223 e. The minimum Gasteiger partial charge on any atom is -0.385 e. The lowest BCUT2D eigenvalue weighted by molar-refractivity contribution is -0.128. The lowest BCUT2D eigenvalue weighted by Gasteiger charge is -2.24. The van der Waals surface area contributed by atoms with Crippen molar-refractivity contribution in [3.63, 3.8) is 0 Å². The first-order valence-electron chi connectivity index (χ1n) is 12.1. The van der Waals surface area contributed by atoms with Crippen LogP contribution in [-0.4, -0.2) is 33.2 Å². The van der Waals surface area contributed by atoms with E-state index in [1.165, 1.54) is 0 Å². The van der Waals surface area contributed by atoms with E-state index in [0.29, 0.717) is 11.6 Å². The Morgan fingerprint density at radius 2 is 2.09 bits per heavy atom. The van der Waals surface area contributed by atoms with Crippen LogP contribution in [0.3, 0.4) is 0 Å². The fourth-order valence-corrected chi connectivity index (χ4v) is 5.37. The molecule has 3 N–H and O–H groups in total. The minimum atomic E-state index is -0.801. The minimum absolute atomic E-state index is 0.0142. The van der Waals surface area contributed by atoms with Crippen LogP contribution >= 0.6 is 0 Å². The fraction of sp³-hybridized carbons (Fsp3) is 0.519. The van der Waals surface area contributed by atoms with E-state index in [-0.39, 0.29) is 23.8 Å². The van der Waals surface area contributed by atoms with Gasteiger partial charge in [0.25, 0.3) is 0 Å². The van der Waals surface area contributed by atoms with E-state index in [1.807, 2.05) is 26.1 Å². The van der Waals surface area contributed by atoms with Crippen molar-refractivity contribution in [3.05, 3.63) is 65.4 Å². The van der Waals surface area contributed by atoms with Gasteiger partial charge in [0.2, 0.25) is 5.91 Å². The number of nitrogens with zero attached hydrogens (tertiary/aromatic N) is 2. The Morgan fingerprint density at radius 3 is 2.73 bits per heavy atom. The Morgan fingerprint density at radius 1 is 1.30 bits per heavy atom. The smallest absolute Gasteiger partial charge is 0.223 e. The number of rotatable bonds is 7. The zero-order valence-electron chi connectivity index (χ0n) is 20.0. The van der Waals surface area contributed by atoms with Crippen LogP contribution in [0, 0.1) is 38.0 Å². The maximum atomic E-state index is 13.3. The molecular weight excluding hydrogens is 412 g/mol. The second-order valence-electron chi connectivity index (χ2n) is 9.90. The number of aromatic amines is 1. The zero-order chi connectivity index (χ0) is 23.6. The molecule has 2 aromatic heterocycles. The number of carbonyl (C=O) groups is 1. The molecule has 1 unspecified atom stereocenters. The maximum absolute atomic E-state index is 13.3. The average molecular weight is 449 g/mol. The molecule has 0 bridgehead atoms. The number of aryl methyl sites for hydroxylation is 3.